The highest BCUT2D eigenvalue weighted by Gasteiger charge is 2.51. The number of methoxy groups -OCH3 is 1. The van der Waals surface area contributed by atoms with Crippen LogP contribution in [0.15, 0.2) is 0 Å². The first-order valence-electron chi connectivity index (χ1n) is 9.76. The Bertz CT molecular complexity index is 447. The normalized spacial score (nSPS) is 36.2. The fourth-order valence-electron chi connectivity index (χ4n) is 5.98. The number of likely N-dealkylation sites (tertiary alicyclic amines) is 1. The van der Waals surface area contributed by atoms with Gasteiger partial charge in [0.1, 0.15) is 0 Å². The molecule has 4 heteroatoms. The summed E-state index contributed by atoms with van der Waals surface area (Å²) in [5.41, 5.74) is -0.0963. The second-order valence-corrected chi connectivity index (χ2v) is 8.42. The summed E-state index contributed by atoms with van der Waals surface area (Å²) in [5.74, 6) is 1.95. The van der Waals surface area contributed by atoms with Gasteiger partial charge < -0.3 is 9.64 Å². The van der Waals surface area contributed by atoms with Gasteiger partial charge in [0.25, 0.3) is 0 Å². The van der Waals surface area contributed by atoms with Crippen LogP contribution >= 0.6 is 0 Å². The van der Waals surface area contributed by atoms with Crippen molar-refractivity contribution in [3.63, 3.8) is 0 Å². The van der Waals surface area contributed by atoms with Crippen molar-refractivity contribution in [3.8, 4) is 0 Å². The minimum Gasteiger partial charge on any atom is -0.385 e. The summed E-state index contributed by atoms with van der Waals surface area (Å²) in [5, 5.41) is 0. The molecule has 23 heavy (non-hydrogen) atoms. The quantitative estimate of drug-likeness (QED) is 0.798. The smallest absolute Gasteiger partial charge is 0.228 e. The Morgan fingerprint density at radius 1 is 1.13 bits per heavy atom. The van der Waals surface area contributed by atoms with Gasteiger partial charge in [-0.1, -0.05) is 19.3 Å². The van der Waals surface area contributed by atoms with E-state index < -0.39 is 0 Å². The fourth-order valence-corrected chi connectivity index (χ4v) is 5.98. The molecule has 1 saturated carbocycles. The predicted molar refractivity (Wildman–Crippen MR) is 90.2 cm³/mol. The molecule has 0 aromatic heterocycles. The molecule has 3 saturated heterocycles. The van der Waals surface area contributed by atoms with E-state index >= 15 is 0 Å². The first-order valence-corrected chi connectivity index (χ1v) is 9.76. The number of fused-ring (bicyclic) bond motifs is 3. The lowest BCUT2D eigenvalue weighted by Gasteiger charge is -2.36. The molecule has 3 atom stereocenters. The molecule has 0 N–H and O–H groups in total. The number of nitrogens with zero attached hydrogens (tertiary/aromatic N) is 2. The van der Waals surface area contributed by atoms with Gasteiger partial charge in [0.15, 0.2) is 0 Å². The molecule has 0 aromatic rings. The van der Waals surface area contributed by atoms with E-state index in [0.29, 0.717) is 5.91 Å². The number of amides is 1. The van der Waals surface area contributed by atoms with Crippen LogP contribution in [0, 0.1) is 17.3 Å². The molecule has 4 nitrogen and oxygen atoms in total. The maximum Gasteiger partial charge on any atom is 0.228 e. The summed E-state index contributed by atoms with van der Waals surface area (Å²) in [6.07, 6.45) is 9.63. The number of ether oxygens (including phenoxy) is 1. The van der Waals surface area contributed by atoms with Crippen LogP contribution in [-0.2, 0) is 9.53 Å². The lowest BCUT2D eigenvalue weighted by Crippen LogP contribution is -2.45. The third-order valence-electron chi connectivity index (χ3n) is 7.21. The molecule has 4 aliphatic rings. The van der Waals surface area contributed by atoms with Crippen molar-refractivity contribution >= 4 is 5.91 Å². The van der Waals surface area contributed by atoms with Gasteiger partial charge in [-0.3, -0.25) is 9.69 Å². The second kappa shape index (κ2) is 6.36. The average molecular weight is 320 g/mol. The molecule has 4 fully saturated rings. The van der Waals surface area contributed by atoms with Crippen LogP contribution < -0.4 is 0 Å². The van der Waals surface area contributed by atoms with Crippen molar-refractivity contribution in [1.82, 2.24) is 9.80 Å². The number of piperidine rings is 1. The van der Waals surface area contributed by atoms with Crippen molar-refractivity contribution in [3.05, 3.63) is 0 Å². The summed E-state index contributed by atoms with van der Waals surface area (Å²) in [7, 11) is 1.75. The summed E-state index contributed by atoms with van der Waals surface area (Å²) < 4.78 is 5.31. The van der Waals surface area contributed by atoms with E-state index in [-0.39, 0.29) is 5.41 Å². The maximum atomic E-state index is 13.3. The van der Waals surface area contributed by atoms with Gasteiger partial charge in [0.2, 0.25) is 5.91 Å². The van der Waals surface area contributed by atoms with Gasteiger partial charge in [-0.25, -0.2) is 0 Å². The molecule has 3 heterocycles. The molecule has 0 unspecified atom stereocenters. The molecule has 130 valence electrons. The number of carbonyl (C=O) groups is 1. The molecule has 0 spiro atoms. The first-order chi connectivity index (χ1) is 11.2. The minimum atomic E-state index is -0.0963. The lowest BCUT2D eigenvalue weighted by atomic mass is 9.81. The number of rotatable bonds is 4. The minimum absolute atomic E-state index is 0.0963. The Morgan fingerprint density at radius 3 is 2.74 bits per heavy atom. The van der Waals surface area contributed by atoms with E-state index in [4.69, 9.17) is 4.74 Å². The molecular formula is C19H32N2O2. The molecule has 1 aliphatic carbocycles. The zero-order chi connectivity index (χ0) is 15.9. The molecule has 0 radical (unpaired) electrons. The monoisotopic (exact) mass is 320 g/mol. The first kappa shape index (κ1) is 15.9. The molecule has 4 rings (SSSR count). The highest BCUT2D eigenvalue weighted by molar-refractivity contribution is 5.83. The van der Waals surface area contributed by atoms with Crippen LogP contribution in [0.1, 0.15) is 51.4 Å². The van der Waals surface area contributed by atoms with Crippen LogP contribution in [-0.4, -0.2) is 61.6 Å². The average Bonchev–Trinajstić information content (AvgIpc) is 3.27. The van der Waals surface area contributed by atoms with Gasteiger partial charge in [-0.2, -0.15) is 0 Å². The largest absolute Gasteiger partial charge is 0.385 e. The zero-order valence-corrected chi connectivity index (χ0v) is 14.6. The molecule has 3 aliphatic heterocycles. The maximum absolute atomic E-state index is 13.3. The number of carbonyl (C=O) groups excluding carboxylic acids is 1. The van der Waals surface area contributed by atoms with Crippen LogP contribution in [0.4, 0.5) is 0 Å². The zero-order valence-electron chi connectivity index (χ0n) is 14.6. The van der Waals surface area contributed by atoms with Gasteiger partial charge in [0, 0.05) is 39.4 Å². The lowest BCUT2D eigenvalue weighted by molar-refractivity contribution is -0.142. The predicted octanol–water partition coefficient (Wildman–Crippen LogP) is 2.53. The van der Waals surface area contributed by atoms with Crippen molar-refractivity contribution in [2.75, 3.05) is 39.9 Å². The van der Waals surface area contributed by atoms with Gasteiger partial charge in [-0.15, -0.1) is 0 Å². The molecule has 0 bridgehead atoms. The second-order valence-electron chi connectivity index (χ2n) is 8.42. The Labute approximate surface area is 140 Å². The molecule has 1 amide bonds. The highest BCUT2D eigenvalue weighted by Crippen LogP contribution is 2.46. The fraction of sp³-hybridized carbons (Fsp3) is 0.947. The Hall–Kier alpha value is -0.610. The Morgan fingerprint density at radius 2 is 1.96 bits per heavy atom. The highest BCUT2D eigenvalue weighted by atomic mass is 16.5. The number of hydrogen-bond donors (Lipinski definition) is 0. The molecule has 0 aromatic carbocycles. The van der Waals surface area contributed by atoms with Crippen molar-refractivity contribution < 1.29 is 9.53 Å². The SMILES string of the molecule is COCCC1(C(=O)N2C[C@@H]3CN4CCCC[C@@H]4[C@H]3C2)CCCC1. The molecular weight excluding hydrogens is 288 g/mol. The van der Waals surface area contributed by atoms with E-state index in [0.717, 1.165) is 56.8 Å². The summed E-state index contributed by atoms with van der Waals surface area (Å²) >= 11 is 0. The van der Waals surface area contributed by atoms with Crippen molar-refractivity contribution in [2.45, 2.75) is 57.4 Å². The van der Waals surface area contributed by atoms with Gasteiger partial charge >= 0.3 is 0 Å². The number of hydrogen-bond acceptors (Lipinski definition) is 3. The topological polar surface area (TPSA) is 32.8 Å². The van der Waals surface area contributed by atoms with Crippen LogP contribution in [0.25, 0.3) is 0 Å². The van der Waals surface area contributed by atoms with Crippen molar-refractivity contribution in [2.24, 2.45) is 17.3 Å². The van der Waals surface area contributed by atoms with Crippen LogP contribution in [0.3, 0.4) is 0 Å². The van der Waals surface area contributed by atoms with E-state index in [2.05, 4.69) is 9.80 Å². The summed E-state index contributed by atoms with van der Waals surface area (Å²) in [6.45, 7) is 5.31. The van der Waals surface area contributed by atoms with Crippen LogP contribution in [0.5, 0.6) is 0 Å². The van der Waals surface area contributed by atoms with E-state index in [1.54, 1.807) is 7.11 Å². The summed E-state index contributed by atoms with van der Waals surface area (Å²) in [6, 6.07) is 0.769. The standard InChI is InChI=1S/C19H32N2O2/c1-23-11-9-19(7-3-4-8-19)18(22)21-13-15-12-20-10-5-2-6-17(20)16(15)14-21/h15-17H,2-14H2,1H3/t15-,16-,17+/m0/s1. The van der Waals surface area contributed by atoms with Crippen LogP contribution in [0.2, 0.25) is 0 Å². The van der Waals surface area contributed by atoms with Gasteiger partial charge in [-0.05, 0) is 50.5 Å². The van der Waals surface area contributed by atoms with E-state index in [1.165, 1.54) is 45.2 Å². The third-order valence-corrected chi connectivity index (χ3v) is 7.21. The van der Waals surface area contributed by atoms with E-state index in [1.807, 2.05) is 0 Å². The van der Waals surface area contributed by atoms with Gasteiger partial charge in [0.05, 0.1) is 5.41 Å². The Kier molecular flexibility index (Phi) is 4.39. The summed E-state index contributed by atoms with van der Waals surface area (Å²) in [4.78, 5) is 18.3. The Balaban J connectivity index is 1.44. The third kappa shape index (κ3) is 2.72. The van der Waals surface area contributed by atoms with Crippen molar-refractivity contribution in [1.29, 1.82) is 0 Å². The van der Waals surface area contributed by atoms with E-state index in [9.17, 15) is 4.79 Å².